The minimum atomic E-state index is -0.204. The number of aromatic nitrogens is 2. The van der Waals surface area contributed by atoms with E-state index >= 15 is 0 Å². The zero-order valence-corrected chi connectivity index (χ0v) is 15.1. The largest absolute Gasteiger partial charge is 0.453 e. The normalized spacial score (nSPS) is 19.9. The van der Waals surface area contributed by atoms with Crippen LogP contribution in [0.15, 0.2) is 22.7 Å². The van der Waals surface area contributed by atoms with Crippen LogP contribution in [0.25, 0.3) is 11.3 Å². The number of carbonyl (C=O) groups excluding carboxylic acids is 1. The standard InChI is InChI=1S/C19H26N4O3/c1-2-3-10-20-19-21-11-16(17-9-8-15(12-24)26-17)18(23-19)22-13-4-6-14(25)7-5-13/h8-9,11-14,25H,2-7,10H2,1H3,(H2,20,21,22,23). The number of nitrogens with zero attached hydrogens (tertiary/aromatic N) is 2. The lowest BCUT2D eigenvalue weighted by Crippen LogP contribution is -2.29. The summed E-state index contributed by atoms with van der Waals surface area (Å²) in [6, 6.07) is 3.63. The zero-order chi connectivity index (χ0) is 18.4. The summed E-state index contributed by atoms with van der Waals surface area (Å²) in [5.41, 5.74) is 0.727. The zero-order valence-electron chi connectivity index (χ0n) is 15.1. The van der Waals surface area contributed by atoms with Gasteiger partial charge in [-0.3, -0.25) is 4.79 Å². The number of furan rings is 1. The van der Waals surface area contributed by atoms with Crippen molar-refractivity contribution in [1.29, 1.82) is 0 Å². The van der Waals surface area contributed by atoms with Crippen molar-refractivity contribution in [3.63, 3.8) is 0 Å². The number of aliphatic hydroxyl groups excluding tert-OH is 1. The molecule has 0 aliphatic heterocycles. The lowest BCUT2D eigenvalue weighted by atomic mass is 9.93. The highest BCUT2D eigenvalue weighted by Crippen LogP contribution is 2.30. The number of rotatable bonds is 8. The highest BCUT2D eigenvalue weighted by Gasteiger charge is 2.22. The molecule has 1 saturated carbocycles. The first-order valence-electron chi connectivity index (χ1n) is 9.30. The summed E-state index contributed by atoms with van der Waals surface area (Å²) < 4.78 is 5.56. The maximum Gasteiger partial charge on any atom is 0.224 e. The summed E-state index contributed by atoms with van der Waals surface area (Å²) in [5.74, 6) is 2.09. The van der Waals surface area contributed by atoms with Gasteiger partial charge < -0.3 is 20.2 Å². The Bertz CT molecular complexity index is 723. The molecule has 1 fully saturated rings. The van der Waals surface area contributed by atoms with Crippen molar-refractivity contribution in [3.8, 4) is 11.3 Å². The predicted octanol–water partition coefficient (Wildman–Crippen LogP) is 3.48. The quantitative estimate of drug-likeness (QED) is 0.490. The number of aldehydes is 1. The Kier molecular flexibility index (Phi) is 6.22. The Morgan fingerprint density at radius 3 is 2.81 bits per heavy atom. The second-order valence-electron chi connectivity index (χ2n) is 6.71. The van der Waals surface area contributed by atoms with Gasteiger partial charge >= 0.3 is 0 Å². The van der Waals surface area contributed by atoms with E-state index in [2.05, 4.69) is 27.5 Å². The molecule has 1 aliphatic rings. The van der Waals surface area contributed by atoms with Crippen LogP contribution in [0.5, 0.6) is 0 Å². The Morgan fingerprint density at radius 2 is 2.12 bits per heavy atom. The van der Waals surface area contributed by atoms with Gasteiger partial charge in [-0.25, -0.2) is 4.98 Å². The van der Waals surface area contributed by atoms with Crippen LogP contribution in [0.3, 0.4) is 0 Å². The van der Waals surface area contributed by atoms with Gasteiger partial charge in [0.05, 0.1) is 11.7 Å². The van der Waals surface area contributed by atoms with E-state index in [9.17, 15) is 9.90 Å². The molecule has 0 unspecified atom stereocenters. The SMILES string of the molecule is CCCCNc1ncc(-c2ccc(C=O)o2)c(NC2CCC(O)CC2)n1. The molecular weight excluding hydrogens is 332 g/mol. The number of carbonyl (C=O) groups is 1. The molecule has 7 nitrogen and oxygen atoms in total. The maximum atomic E-state index is 10.9. The van der Waals surface area contributed by atoms with Gasteiger partial charge in [0.25, 0.3) is 0 Å². The molecule has 7 heteroatoms. The molecule has 0 amide bonds. The van der Waals surface area contributed by atoms with Gasteiger partial charge in [-0.2, -0.15) is 4.98 Å². The average molecular weight is 358 g/mol. The van der Waals surface area contributed by atoms with E-state index in [4.69, 9.17) is 4.42 Å². The first-order chi connectivity index (χ1) is 12.7. The van der Waals surface area contributed by atoms with E-state index in [0.717, 1.165) is 50.6 Å². The molecule has 3 rings (SSSR count). The highest BCUT2D eigenvalue weighted by atomic mass is 16.3. The molecule has 1 aliphatic carbocycles. The predicted molar refractivity (Wildman–Crippen MR) is 100 cm³/mol. The minimum absolute atomic E-state index is 0.204. The number of aliphatic hydroxyl groups is 1. The number of anilines is 2. The third-order valence-corrected chi connectivity index (χ3v) is 4.65. The van der Waals surface area contributed by atoms with E-state index in [1.54, 1.807) is 18.3 Å². The third kappa shape index (κ3) is 4.60. The molecular formula is C19H26N4O3. The second kappa shape index (κ2) is 8.80. The fourth-order valence-corrected chi connectivity index (χ4v) is 3.11. The fraction of sp³-hybridized carbons (Fsp3) is 0.526. The van der Waals surface area contributed by atoms with Crippen LogP contribution in [0.2, 0.25) is 0 Å². The third-order valence-electron chi connectivity index (χ3n) is 4.65. The molecule has 26 heavy (non-hydrogen) atoms. The Hall–Kier alpha value is -2.41. The minimum Gasteiger partial charge on any atom is -0.453 e. The summed E-state index contributed by atoms with van der Waals surface area (Å²) in [5, 5.41) is 16.4. The fourth-order valence-electron chi connectivity index (χ4n) is 3.11. The van der Waals surface area contributed by atoms with Gasteiger partial charge in [0.2, 0.25) is 5.95 Å². The molecule has 2 aromatic heterocycles. The molecule has 0 spiro atoms. The molecule has 0 radical (unpaired) electrons. The number of hydrogen-bond donors (Lipinski definition) is 3. The lowest BCUT2D eigenvalue weighted by molar-refractivity contribution is 0.110. The highest BCUT2D eigenvalue weighted by molar-refractivity contribution is 5.76. The molecule has 3 N–H and O–H groups in total. The van der Waals surface area contributed by atoms with Gasteiger partial charge in [0.15, 0.2) is 12.0 Å². The molecule has 2 heterocycles. The van der Waals surface area contributed by atoms with Crippen molar-refractivity contribution < 1.29 is 14.3 Å². The van der Waals surface area contributed by atoms with E-state index in [0.29, 0.717) is 23.8 Å². The van der Waals surface area contributed by atoms with Gasteiger partial charge in [0.1, 0.15) is 11.6 Å². The van der Waals surface area contributed by atoms with E-state index in [-0.39, 0.29) is 17.9 Å². The Labute approximate surface area is 153 Å². The number of hydrogen-bond acceptors (Lipinski definition) is 7. The summed E-state index contributed by atoms with van der Waals surface area (Å²) in [4.78, 5) is 19.9. The van der Waals surface area contributed by atoms with Gasteiger partial charge in [0, 0.05) is 18.8 Å². The Morgan fingerprint density at radius 1 is 1.31 bits per heavy atom. The van der Waals surface area contributed by atoms with E-state index in [1.165, 1.54) is 0 Å². The second-order valence-corrected chi connectivity index (χ2v) is 6.71. The number of nitrogens with one attached hydrogen (secondary N) is 2. The van der Waals surface area contributed by atoms with Gasteiger partial charge in [-0.05, 0) is 44.2 Å². The van der Waals surface area contributed by atoms with Crippen molar-refractivity contribution in [2.45, 2.75) is 57.6 Å². The molecule has 0 bridgehead atoms. The van der Waals surface area contributed by atoms with Crippen LogP contribution in [0.1, 0.15) is 56.0 Å². The van der Waals surface area contributed by atoms with E-state index in [1.807, 2.05) is 0 Å². The molecule has 0 atom stereocenters. The first kappa shape index (κ1) is 18.4. The van der Waals surface area contributed by atoms with Crippen molar-refractivity contribution in [3.05, 3.63) is 24.1 Å². The summed E-state index contributed by atoms with van der Waals surface area (Å²) in [7, 11) is 0. The van der Waals surface area contributed by atoms with Crippen LogP contribution < -0.4 is 10.6 Å². The van der Waals surface area contributed by atoms with Crippen molar-refractivity contribution >= 4 is 18.1 Å². The monoisotopic (exact) mass is 358 g/mol. The van der Waals surface area contributed by atoms with Crippen LogP contribution in [0, 0.1) is 0 Å². The molecule has 0 aromatic carbocycles. The van der Waals surface area contributed by atoms with Crippen molar-refractivity contribution in [2.75, 3.05) is 17.2 Å². The molecule has 0 saturated heterocycles. The summed E-state index contributed by atoms with van der Waals surface area (Å²) in [6.45, 7) is 2.96. The smallest absolute Gasteiger partial charge is 0.224 e. The topological polar surface area (TPSA) is 100 Å². The Balaban J connectivity index is 1.83. The lowest BCUT2D eigenvalue weighted by Gasteiger charge is -2.27. The first-order valence-corrected chi connectivity index (χ1v) is 9.30. The van der Waals surface area contributed by atoms with Crippen LogP contribution in [-0.2, 0) is 0 Å². The van der Waals surface area contributed by atoms with Crippen molar-refractivity contribution in [1.82, 2.24) is 9.97 Å². The molecule has 2 aromatic rings. The summed E-state index contributed by atoms with van der Waals surface area (Å²) >= 11 is 0. The van der Waals surface area contributed by atoms with E-state index < -0.39 is 0 Å². The van der Waals surface area contributed by atoms with Crippen LogP contribution in [-0.4, -0.2) is 40.1 Å². The molecule has 140 valence electrons. The van der Waals surface area contributed by atoms with Gasteiger partial charge in [-0.15, -0.1) is 0 Å². The van der Waals surface area contributed by atoms with Crippen LogP contribution >= 0.6 is 0 Å². The summed E-state index contributed by atoms with van der Waals surface area (Å²) in [6.07, 6.45) is 7.70. The van der Waals surface area contributed by atoms with Gasteiger partial charge in [-0.1, -0.05) is 13.3 Å². The average Bonchev–Trinajstić information content (AvgIpc) is 3.13. The van der Waals surface area contributed by atoms with Crippen LogP contribution in [0.4, 0.5) is 11.8 Å². The number of unbranched alkanes of at least 4 members (excludes halogenated alkanes) is 1. The van der Waals surface area contributed by atoms with Crippen molar-refractivity contribution in [2.24, 2.45) is 0 Å². The maximum absolute atomic E-state index is 10.9.